The zero-order valence-electron chi connectivity index (χ0n) is 15.8. The van der Waals surface area contributed by atoms with Gasteiger partial charge >= 0.3 is 0 Å². The number of hydrogen-bond acceptors (Lipinski definition) is 2. The Hall–Kier alpha value is -1.64. The molecule has 1 aliphatic carbocycles. The first-order valence-corrected chi connectivity index (χ1v) is 10.1. The van der Waals surface area contributed by atoms with Gasteiger partial charge in [0.25, 0.3) is 0 Å². The Kier molecular flexibility index (Phi) is 5.15. The molecule has 2 aromatic rings. The predicted molar refractivity (Wildman–Crippen MR) is 107 cm³/mol. The predicted octanol–water partition coefficient (Wildman–Crippen LogP) is 4.48. The molecule has 1 aliphatic heterocycles. The van der Waals surface area contributed by atoms with E-state index in [-0.39, 0.29) is 12.0 Å². The molecule has 0 bridgehead atoms. The molecule has 0 aromatic heterocycles. The van der Waals surface area contributed by atoms with Crippen LogP contribution in [0.25, 0.3) is 0 Å². The average Bonchev–Trinajstić information content (AvgIpc) is 3.11. The summed E-state index contributed by atoms with van der Waals surface area (Å²) in [4.78, 5) is 2.58. The molecule has 2 heteroatoms. The molecule has 26 heavy (non-hydrogen) atoms. The molecule has 2 aliphatic rings. The number of fused-ring (bicyclic) bond motifs is 1. The first-order chi connectivity index (χ1) is 12.7. The fourth-order valence-corrected chi connectivity index (χ4v) is 5.66. The summed E-state index contributed by atoms with van der Waals surface area (Å²) in [6.45, 7) is 1.42. The minimum absolute atomic E-state index is 0.169. The van der Waals surface area contributed by atoms with E-state index in [1.54, 1.807) is 0 Å². The number of rotatable bonds is 5. The van der Waals surface area contributed by atoms with Crippen LogP contribution in [0.15, 0.2) is 60.7 Å². The van der Waals surface area contributed by atoms with Crippen LogP contribution in [0.4, 0.5) is 0 Å². The molecule has 138 valence electrons. The standard InChI is InChI=1S/C24H31NO/c1-25-14-8-9-20-15-19(16-23(20)25)17-24(18-26,21-10-4-2-5-11-21)22-12-6-3-7-13-22/h2-7,10-13,19-20,23,26H,8-9,14-18H2,1H3/t19-,20?,23+/m1/s1. The number of aliphatic hydroxyl groups excluding tert-OH is 1. The van der Waals surface area contributed by atoms with Crippen molar-refractivity contribution in [2.45, 2.75) is 43.6 Å². The molecule has 1 saturated carbocycles. The van der Waals surface area contributed by atoms with Crippen LogP contribution in [-0.2, 0) is 5.41 Å². The Balaban J connectivity index is 1.66. The van der Waals surface area contributed by atoms with E-state index >= 15 is 0 Å². The van der Waals surface area contributed by atoms with Gasteiger partial charge in [-0.25, -0.2) is 0 Å². The molecule has 3 atom stereocenters. The van der Waals surface area contributed by atoms with Crippen molar-refractivity contribution in [1.29, 1.82) is 0 Å². The van der Waals surface area contributed by atoms with E-state index < -0.39 is 0 Å². The van der Waals surface area contributed by atoms with Gasteiger partial charge in [0.2, 0.25) is 0 Å². The highest BCUT2D eigenvalue weighted by molar-refractivity contribution is 5.39. The Bertz CT molecular complexity index is 659. The molecule has 1 heterocycles. The van der Waals surface area contributed by atoms with E-state index in [1.807, 2.05) is 0 Å². The second-order valence-electron chi connectivity index (χ2n) is 8.46. The monoisotopic (exact) mass is 349 g/mol. The molecular weight excluding hydrogens is 318 g/mol. The zero-order chi connectivity index (χ0) is 18.0. The summed E-state index contributed by atoms with van der Waals surface area (Å²) in [5.74, 6) is 1.53. The fraction of sp³-hybridized carbons (Fsp3) is 0.500. The lowest BCUT2D eigenvalue weighted by atomic mass is 9.69. The van der Waals surface area contributed by atoms with Gasteiger partial charge in [0, 0.05) is 11.5 Å². The smallest absolute Gasteiger partial charge is 0.0568 e. The number of likely N-dealkylation sites (tertiary alicyclic amines) is 1. The maximum absolute atomic E-state index is 10.6. The van der Waals surface area contributed by atoms with Crippen molar-refractivity contribution in [1.82, 2.24) is 4.90 Å². The number of benzene rings is 2. The molecule has 1 N–H and O–H groups in total. The van der Waals surface area contributed by atoms with E-state index in [1.165, 1.54) is 43.4 Å². The van der Waals surface area contributed by atoms with Crippen molar-refractivity contribution in [2.75, 3.05) is 20.2 Å². The summed E-state index contributed by atoms with van der Waals surface area (Å²) in [6, 6.07) is 22.1. The van der Waals surface area contributed by atoms with Crippen molar-refractivity contribution in [3.05, 3.63) is 71.8 Å². The topological polar surface area (TPSA) is 23.5 Å². The second kappa shape index (κ2) is 7.54. The van der Waals surface area contributed by atoms with Crippen molar-refractivity contribution in [3.63, 3.8) is 0 Å². The Morgan fingerprint density at radius 1 is 0.962 bits per heavy atom. The summed E-state index contributed by atoms with van der Waals surface area (Å²) in [5, 5.41) is 10.6. The maximum atomic E-state index is 10.6. The van der Waals surface area contributed by atoms with E-state index in [2.05, 4.69) is 72.6 Å². The Morgan fingerprint density at radius 3 is 2.12 bits per heavy atom. The quantitative estimate of drug-likeness (QED) is 0.860. The molecule has 0 radical (unpaired) electrons. The highest BCUT2D eigenvalue weighted by Crippen LogP contribution is 2.47. The first-order valence-electron chi connectivity index (χ1n) is 10.1. The van der Waals surface area contributed by atoms with Crippen molar-refractivity contribution >= 4 is 0 Å². The van der Waals surface area contributed by atoms with Crippen LogP contribution in [0.3, 0.4) is 0 Å². The number of aliphatic hydroxyl groups is 1. The molecule has 2 aromatic carbocycles. The van der Waals surface area contributed by atoms with Gasteiger partial charge in [-0.15, -0.1) is 0 Å². The lowest BCUT2D eigenvalue weighted by molar-refractivity contribution is 0.143. The van der Waals surface area contributed by atoms with E-state index in [0.29, 0.717) is 5.92 Å². The van der Waals surface area contributed by atoms with Crippen molar-refractivity contribution < 1.29 is 5.11 Å². The second-order valence-corrected chi connectivity index (χ2v) is 8.46. The third kappa shape index (κ3) is 3.21. The van der Waals surface area contributed by atoms with Gasteiger partial charge in [-0.2, -0.15) is 0 Å². The van der Waals surface area contributed by atoms with Gasteiger partial charge in [-0.05, 0) is 68.7 Å². The van der Waals surface area contributed by atoms with Crippen molar-refractivity contribution in [2.24, 2.45) is 11.8 Å². The third-order valence-corrected chi connectivity index (χ3v) is 6.97. The minimum atomic E-state index is -0.292. The fourth-order valence-electron chi connectivity index (χ4n) is 5.66. The molecule has 1 unspecified atom stereocenters. The first kappa shape index (κ1) is 17.8. The molecule has 4 rings (SSSR count). The lowest BCUT2D eigenvalue weighted by Gasteiger charge is -2.36. The van der Waals surface area contributed by atoms with Gasteiger partial charge in [-0.1, -0.05) is 60.7 Å². The molecule has 2 nitrogen and oxygen atoms in total. The van der Waals surface area contributed by atoms with Crippen LogP contribution in [0, 0.1) is 11.8 Å². The normalized spacial score (nSPS) is 26.6. The zero-order valence-corrected chi connectivity index (χ0v) is 15.8. The number of nitrogens with zero attached hydrogens (tertiary/aromatic N) is 1. The Labute approximate surface area is 157 Å². The number of piperidine rings is 1. The highest BCUT2D eigenvalue weighted by Gasteiger charge is 2.43. The largest absolute Gasteiger partial charge is 0.395 e. The van der Waals surface area contributed by atoms with E-state index in [0.717, 1.165) is 18.4 Å². The van der Waals surface area contributed by atoms with Crippen LogP contribution in [-0.4, -0.2) is 36.2 Å². The van der Waals surface area contributed by atoms with Crippen LogP contribution >= 0.6 is 0 Å². The summed E-state index contributed by atoms with van der Waals surface area (Å²) < 4.78 is 0. The van der Waals surface area contributed by atoms with E-state index in [4.69, 9.17) is 0 Å². The molecule has 2 fully saturated rings. The van der Waals surface area contributed by atoms with Crippen LogP contribution < -0.4 is 0 Å². The molecule has 0 amide bonds. The lowest BCUT2D eigenvalue weighted by Crippen LogP contribution is -2.39. The molecular formula is C24H31NO. The summed E-state index contributed by atoms with van der Waals surface area (Å²) in [5.41, 5.74) is 2.20. The molecule has 1 saturated heterocycles. The van der Waals surface area contributed by atoms with E-state index in [9.17, 15) is 5.11 Å². The molecule has 0 spiro atoms. The van der Waals surface area contributed by atoms with Gasteiger partial charge in [0.05, 0.1) is 6.61 Å². The minimum Gasteiger partial charge on any atom is -0.395 e. The van der Waals surface area contributed by atoms with Crippen LogP contribution in [0.2, 0.25) is 0 Å². The summed E-state index contributed by atoms with van der Waals surface area (Å²) in [6.07, 6.45) is 6.36. The SMILES string of the molecule is CN1CCCC2C[C@@H](CC(CO)(c3ccccc3)c3ccccc3)C[C@@H]21. The van der Waals surface area contributed by atoms with Crippen molar-refractivity contribution in [3.8, 4) is 0 Å². The summed E-state index contributed by atoms with van der Waals surface area (Å²) >= 11 is 0. The van der Waals surface area contributed by atoms with Gasteiger partial charge in [-0.3, -0.25) is 0 Å². The van der Waals surface area contributed by atoms with Gasteiger partial charge in [0.1, 0.15) is 0 Å². The van der Waals surface area contributed by atoms with Crippen LogP contribution in [0.1, 0.15) is 43.2 Å². The van der Waals surface area contributed by atoms with Gasteiger partial charge in [0.15, 0.2) is 0 Å². The van der Waals surface area contributed by atoms with Gasteiger partial charge < -0.3 is 10.0 Å². The Morgan fingerprint density at radius 2 is 1.58 bits per heavy atom. The van der Waals surface area contributed by atoms with Crippen LogP contribution in [0.5, 0.6) is 0 Å². The third-order valence-electron chi connectivity index (χ3n) is 6.97. The highest BCUT2D eigenvalue weighted by atomic mass is 16.3. The summed E-state index contributed by atoms with van der Waals surface area (Å²) in [7, 11) is 2.30. The average molecular weight is 350 g/mol. The number of hydrogen-bond donors (Lipinski definition) is 1. The maximum Gasteiger partial charge on any atom is 0.0568 e.